The summed E-state index contributed by atoms with van der Waals surface area (Å²) in [7, 11) is 2.60. The van der Waals surface area contributed by atoms with Crippen molar-refractivity contribution in [3.63, 3.8) is 0 Å². The number of nitrogens with zero attached hydrogens (tertiary/aromatic N) is 2. The van der Waals surface area contributed by atoms with Crippen LogP contribution in [0.2, 0.25) is 0 Å². The Hall–Kier alpha value is -3.45. The molecule has 6 nitrogen and oxygen atoms in total. The van der Waals surface area contributed by atoms with E-state index in [1.807, 2.05) is 61.5 Å². The van der Waals surface area contributed by atoms with E-state index in [2.05, 4.69) is 10.3 Å². The van der Waals surface area contributed by atoms with Crippen molar-refractivity contribution < 1.29 is 13.4 Å². The van der Waals surface area contributed by atoms with Gasteiger partial charge in [-0.2, -0.15) is 4.98 Å². The van der Waals surface area contributed by atoms with Gasteiger partial charge in [0.1, 0.15) is 5.52 Å². The van der Waals surface area contributed by atoms with Crippen molar-refractivity contribution in [3.05, 3.63) is 77.4 Å². The van der Waals surface area contributed by atoms with Crippen molar-refractivity contribution in [2.24, 2.45) is 0 Å². The molecule has 1 atom stereocenters. The number of anilines is 2. The standard InChI is InChI=1S/C25H25N3O3S/c1-16-14-19(12-13-20(16)24(29)28(2)3)26-25-27-22-7-5-6-21(23(22)31-25)18-10-8-17(9-11-18)15-32(4)30/h5-14H,15H2,1-4H3,(H,26,27). The topological polar surface area (TPSA) is 75.4 Å². The Morgan fingerprint density at radius 3 is 2.50 bits per heavy atom. The molecule has 0 aliphatic rings. The zero-order valence-electron chi connectivity index (χ0n) is 18.5. The largest absolute Gasteiger partial charge is 0.423 e. The Morgan fingerprint density at radius 2 is 1.84 bits per heavy atom. The van der Waals surface area contributed by atoms with Gasteiger partial charge in [0.05, 0.1) is 0 Å². The van der Waals surface area contributed by atoms with Gasteiger partial charge in [-0.25, -0.2) is 0 Å². The predicted molar refractivity (Wildman–Crippen MR) is 130 cm³/mol. The minimum Gasteiger partial charge on any atom is -0.423 e. The zero-order valence-corrected chi connectivity index (χ0v) is 19.3. The highest BCUT2D eigenvalue weighted by molar-refractivity contribution is 7.83. The second kappa shape index (κ2) is 8.96. The number of hydrogen-bond acceptors (Lipinski definition) is 5. The van der Waals surface area contributed by atoms with Gasteiger partial charge in [-0.1, -0.05) is 36.4 Å². The van der Waals surface area contributed by atoms with Gasteiger partial charge < -0.3 is 14.6 Å². The molecule has 0 spiro atoms. The van der Waals surface area contributed by atoms with Crippen molar-refractivity contribution in [1.29, 1.82) is 0 Å². The molecule has 1 N–H and O–H groups in total. The number of para-hydroxylation sites is 1. The van der Waals surface area contributed by atoms with Gasteiger partial charge in [0, 0.05) is 53.7 Å². The maximum atomic E-state index is 12.3. The Balaban J connectivity index is 1.62. The van der Waals surface area contributed by atoms with Crippen molar-refractivity contribution in [3.8, 4) is 11.1 Å². The Labute approximate surface area is 189 Å². The second-order valence-corrected chi connectivity index (χ2v) is 9.38. The summed E-state index contributed by atoms with van der Waals surface area (Å²) in [6.45, 7) is 1.91. The third kappa shape index (κ3) is 4.57. The van der Waals surface area contributed by atoms with Gasteiger partial charge in [0.15, 0.2) is 5.58 Å². The molecule has 3 aromatic carbocycles. The highest BCUT2D eigenvalue weighted by atomic mass is 32.2. The molecule has 4 rings (SSSR count). The van der Waals surface area contributed by atoms with Gasteiger partial charge in [-0.05, 0) is 47.9 Å². The molecule has 0 saturated heterocycles. The van der Waals surface area contributed by atoms with Crippen molar-refractivity contribution in [1.82, 2.24) is 9.88 Å². The number of rotatable bonds is 6. The van der Waals surface area contributed by atoms with Gasteiger partial charge in [0.25, 0.3) is 11.9 Å². The van der Waals surface area contributed by atoms with Gasteiger partial charge in [-0.15, -0.1) is 0 Å². The smallest absolute Gasteiger partial charge is 0.300 e. The fourth-order valence-corrected chi connectivity index (χ4v) is 4.25. The third-order valence-corrected chi connectivity index (χ3v) is 5.90. The number of oxazole rings is 1. The lowest BCUT2D eigenvalue weighted by Crippen LogP contribution is -2.22. The summed E-state index contributed by atoms with van der Waals surface area (Å²) in [6, 6.07) is 19.8. The summed E-state index contributed by atoms with van der Waals surface area (Å²) in [5.74, 6) is 0.510. The summed E-state index contributed by atoms with van der Waals surface area (Å²) in [5.41, 5.74) is 6.75. The maximum Gasteiger partial charge on any atom is 0.300 e. The van der Waals surface area contributed by atoms with Gasteiger partial charge >= 0.3 is 0 Å². The molecule has 4 aromatic rings. The molecule has 1 unspecified atom stereocenters. The molecule has 0 saturated carbocycles. The van der Waals surface area contributed by atoms with Crippen LogP contribution in [-0.4, -0.2) is 40.4 Å². The van der Waals surface area contributed by atoms with Crippen LogP contribution in [0.25, 0.3) is 22.2 Å². The van der Waals surface area contributed by atoms with Crippen LogP contribution in [0.5, 0.6) is 0 Å². The number of aromatic nitrogens is 1. The first-order valence-corrected chi connectivity index (χ1v) is 11.9. The lowest BCUT2D eigenvalue weighted by molar-refractivity contribution is 0.0827. The first-order chi connectivity index (χ1) is 15.3. The molecule has 1 amide bonds. The van der Waals surface area contributed by atoms with E-state index < -0.39 is 10.8 Å². The average molecular weight is 448 g/mol. The van der Waals surface area contributed by atoms with Crippen molar-refractivity contribution in [2.75, 3.05) is 25.7 Å². The lowest BCUT2D eigenvalue weighted by atomic mass is 10.0. The molecule has 32 heavy (non-hydrogen) atoms. The molecule has 0 radical (unpaired) electrons. The quantitative estimate of drug-likeness (QED) is 0.444. The summed E-state index contributed by atoms with van der Waals surface area (Å²) in [4.78, 5) is 18.4. The first kappa shape index (κ1) is 21.8. The summed E-state index contributed by atoms with van der Waals surface area (Å²) < 4.78 is 17.5. The van der Waals surface area contributed by atoms with Crippen LogP contribution in [0, 0.1) is 6.92 Å². The number of hydrogen-bond donors (Lipinski definition) is 1. The second-order valence-electron chi connectivity index (χ2n) is 7.94. The Bertz CT molecular complexity index is 1310. The van der Waals surface area contributed by atoms with Gasteiger partial charge in [0.2, 0.25) is 0 Å². The summed E-state index contributed by atoms with van der Waals surface area (Å²) in [5, 5.41) is 3.20. The van der Waals surface area contributed by atoms with Crippen LogP contribution in [-0.2, 0) is 16.6 Å². The number of benzene rings is 3. The number of aryl methyl sites for hydroxylation is 1. The van der Waals surface area contributed by atoms with E-state index in [1.165, 1.54) is 0 Å². The molecule has 7 heteroatoms. The average Bonchev–Trinajstić information content (AvgIpc) is 3.16. The molecule has 0 fully saturated rings. The number of carbonyl (C=O) groups is 1. The van der Waals surface area contributed by atoms with E-state index in [0.717, 1.165) is 33.5 Å². The fourth-order valence-electron chi connectivity index (χ4n) is 3.59. The van der Waals surface area contributed by atoms with E-state index in [9.17, 15) is 9.00 Å². The molecule has 164 valence electrons. The summed E-state index contributed by atoms with van der Waals surface area (Å²) >= 11 is 0. The predicted octanol–water partition coefficient (Wildman–Crippen LogP) is 5.13. The normalized spacial score (nSPS) is 12.0. The van der Waals surface area contributed by atoms with Crippen molar-refractivity contribution in [2.45, 2.75) is 12.7 Å². The minimum absolute atomic E-state index is 0.0308. The highest BCUT2D eigenvalue weighted by Crippen LogP contribution is 2.32. The Morgan fingerprint density at radius 1 is 1.09 bits per heavy atom. The third-order valence-electron chi connectivity index (χ3n) is 5.16. The number of carbonyl (C=O) groups excluding carboxylic acids is 1. The molecule has 0 bridgehead atoms. The van der Waals surface area contributed by atoms with Crippen LogP contribution in [0.3, 0.4) is 0 Å². The number of fused-ring (bicyclic) bond motifs is 1. The SMILES string of the molecule is Cc1cc(Nc2nc3cccc(-c4ccc(CS(C)=O)cc4)c3o2)ccc1C(=O)N(C)C. The lowest BCUT2D eigenvalue weighted by Gasteiger charge is -2.13. The fraction of sp³-hybridized carbons (Fsp3) is 0.200. The summed E-state index contributed by atoms with van der Waals surface area (Å²) in [6.07, 6.45) is 1.70. The minimum atomic E-state index is -0.872. The van der Waals surface area contributed by atoms with Gasteiger partial charge in [-0.3, -0.25) is 9.00 Å². The molecular weight excluding hydrogens is 422 g/mol. The molecule has 1 heterocycles. The number of amides is 1. The maximum absolute atomic E-state index is 12.3. The van der Waals surface area contributed by atoms with E-state index in [-0.39, 0.29) is 5.91 Å². The molecule has 0 aliphatic heterocycles. The monoisotopic (exact) mass is 447 g/mol. The molecule has 1 aromatic heterocycles. The molecular formula is C25H25N3O3S. The Kier molecular flexibility index (Phi) is 6.10. The van der Waals surface area contributed by atoms with Crippen LogP contribution in [0.15, 0.2) is 65.1 Å². The molecule has 0 aliphatic carbocycles. The first-order valence-electron chi connectivity index (χ1n) is 10.2. The van der Waals surface area contributed by atoms with Crippen LogP contribution in [0.1, 0.15) is 21.5 Å². The van der Waals surface area contributed by atoms with Crippen molar-refractivity contribution >= 4 is 39.5 Å². The van der Waals surface area contributed by atoms with E-state index in [0.29, 0.717) is 22.9 Å². The van der Waals surface area contributed by atoms with E-state index >= 15 is 0 Å². The van der Waals surface area contributed by atoms with E-state index in [4.69, 9.17) is 4.42 Å². The van der Waals surface area contributed by atoms with E-state index in [1.54, 1.807) is 31.3 Å². The zero-order chi connectivity index (χ0) is 22.8. The number of nitrogens with one attached hydrogen (secondary N) is 1. The van der Waals surface area contributed by atoms with Crippen LogP contribution >= 0.6 is 0 Å². The van der Waals surface area contributed by atoms with Crippen LogP contribution < -0.4 is 5.32 Å². The van der Waals surface area contributed by atoms with Crippen LogP contribution in [0.4, 0.5) is 11.7 Å². The highest BCUT2D eigenvalue weighted by Gasteiger charge is 2.14.